The molecule has 1 aliphatic carbocycles. The third-order valence-corrected chi connectivity index (χ3v) is 3.84. The Hall–Kier alpha value is -3.02. The maximum atomic E-state index is 12.1. The molecule has 2 aromatic heterocycles. The largest absolute Gasteiger partial charge is 0.469 e. The quantitative estimate of drug-likeness (QED) is 0.804. The lowest BCUT2D eigenvalue weighted by Gasteiger charge is -2.17. The second-order valence-corrected chi connectivity index (χ2v) is 5.50. The van der Waals surface area contributed by atoms with Crippen molar-refractivity contribution in [3.8, 4) is 11.3 Å². The van der Waals surface area contributed by atoms with Gasteiger partial charge in [0.1, 0.15) is 0 Å². The molecule has 24 heavy (non-hydrogen) atoms. The fourth-order valence-electron chi connectivity index (χ4n) is 2.60. The van der Waals surface area contributed by atoms with Gasteiger partial charge in [0.25, 0.3) is 5.56 Å². The van der Waals surface area contributed by atoms with Crippen molar-refractivity contribution in [2.45, 2.75) is 13.0 Å². The highest BCUT2D eigenvalue weighted by molar-refractivity contribution is 5.75. The van der Waals surface area contributed by atoms with Crippen molar-refractivity contribution < 1.29 is 9.53 Å². The summed E-state index contributed by atoms with van der Waals surface area (Å²) in [6.45, 7) is 0.338. The predicted molar refractivity (Wildman–Crippen MR) is 89.1 cm³/mol. The molecule has 122 valence electrons. The van der Waals surface area contributed by atoms with Crippen LogP contribution in [-0.4, -0.2) is 27.8 Å². The summed E-state index contributed by atoms with van der Waals surface area (Å²) in [5.41, 5.74) is 2.29. The van der Waals surface area contributed by atoms with E-state index in [1.54, 1.807) is 24.5 Å². The van der Waals surface area contributed by atoms with Crippen LogP contribution in [0.15, 0.2) is 65.3 Å². The number of esters is 1. The molecule has 0 amide bonds. The van der Waals surface area contributed by atoms with Crippen LogP contribution in [0, 0.1) is 5.92 Å². The fraction of sp³-hybridized carbons (Fsp3) is 0.222. The molecule has 0 saturated carbocycles. The van der Waals surface area contributed by atoms with Crippen molar-refractivity contribution in [3.63, 3.8) is 0 Å². The van der Waals surface area contributed by atoms with Gasteiger partial charge in [-0.25, -0.2) is 4.68 Å². The summed E-state index contributed by atoms with van der Waals surface area (Å²) in [5, 5.41) is 4.41. The van der Waals surface area contributed by atoms with Gasteiger partial charge in [-0.15, -0.1) is 0 Å². The van der Waals surface area contributed by atoms with Crippen LogP contribution in [0.5, 0.6) is 0 Å². The van der Waals surface area contributed by atoms with Crippen molar-refractivity contribution in [2.24, 2.45) is 5.92 Å². The highest BCUT2D eigenvalue weighted by atomic mass is 16.5. The molecule has 3 rings (SSSR count). The topological polar surface area (TPSA) is 74.1 Å². The molecule has 1 atom stereocenters. The lowest BCUT2D eigenvalue weighted by Crippen LogP contribution is -2.25. The molecule has 0 aliphatic heterocycles. The van der Waals surface area contributed by atoms with Gasteiger partial charge in [-0.1, -0.05) is 18.2 Å². The zero-order valence-electron chi connectivity index (χ0n) is 13.3. The number of allylic oxidation sites excluding steroid dienone is 3. The molecule has 6 heteroatoms. The predicted octanol–water partition coefficient (Wildman–Crippen LogP) is 1.98. The lowest BCUT2D eigenvalue weighted by atomic mass is 9.94. The van der Waals surface area contributed by atoms with E-state index in [9.17, 15) is 9.59 Å². The van der Waals surface area contributed by atoms with E-state index in [2.05, 4.69) is 10.1 Å². The van der Waals surface area contributed by atoms with Crippen LogP contribution in [0.25, 0.3) is 11.3 Å². The van der Waals surface area contributed by atoms with E-state index in [0.29, 0.717) is 18.7 Å². The molecular weight excluding hydrogens is 306 g/mol. The van der Waals surface area contributed by atoms with Gasteiger partial charge in [-0.05, 0) is 30.2 Å². The molecule has 0 aromatic carbocycles. The van der Waals surface area contributed by atoms with Gasteiger partial charge < -0.3 is 4.74 Å². The summed E-state index contributed by atoms with van der Waals surface area (Å²) in [5.74, 6) is -0.589. The highest BCUT2D eigenvalue weighted by Gasteiger charge is 2.20. The zero-order chi connectivity index (χ0) is 16.9. The Morgan fingerprint density at radius 3 is 3.00 bits per heavy atom. The molecule has 0 saturated heterocycles. The second kappa shape index (κ2) is 7.04. The number of methoxy groups -OCH3 is 1. The number of nitrogens with zero attached hydrogens (tertiary/aromatic N) is 3. The average molecular weight is 323 g/mol. The van der Waals surface area contributed by atoms with Gasteiger partial charge in [-0.2, -0.15) is 5.10 Å². The summed E-state index contributed by atoms with van der Waals surface area (Å²) in [7, 11) is 1.37. The Bertz CT molecular complexity index is 853. The Kier molecular flexibility index (Phi) is 4.65. The summed E-state index contributed by atoms with van der Waals surface area (Å²) in [6, 6.07) is 6.89. The molecular formula is C18H17N3O3. The van der Waals surface area contributed by atoms with Gasteiger partial charge in [0.2, 0.25) is 0 Å². The van der Waals surface area contributed by atoms with Gasteiger partial charge in [0.15, 0.2) is 0 Å². The van der Waals surface area contributed by atoms with Crippen molar-refractivity contribution in [2.75, 3.05) is 7.11 Å². The average Bonchev–Trinajstić information content (AvgIpc) is 2.64. The van der Waals surface area contributed by atoms with E-state index < -0.39 is 0 Å². The molecule has 0 bridgehead atoms. The molecule has 0 fully saturated rings. The van der Waals surface area contributed by atoms with Crippen LogP contribution in [-0.2, 0) is 16.1 Å². The number of hydrogen-bond donors (Lipinski definition) is 0. The fourth-order valence-corrected chi connectivity index (χ4v) is 2.60. The minimum atomic E-state index is -0.313. The van der Waals surface area contributed by atoms with Crippen LogP contribution >= 0.6 is 0 Å². The monoisotopic (exact) mass is 323 g/mol. The lowest BCUT2D eigenvalue weighted by molar-refractivity contribution is -0.143. The van der Waals surface area contributed by atoms with E-state index >= 15 is 0 Å². The van der Waals surface area contributed by atoms with Crippen LogP contribution in [0.4, 0.5) is 0 Å². The third kappa shape index (κ3) is 3.48. The van der Waals surface area contributed by atoms with Crippen molar-refractivity contribution in [1.82, 2.24) is 14.8 Å². The molecule has 0 N–H and O–H groups in total. The first-order valence-electron chi connectivity index (χ1n) is 7.60. The standard InChI is InChI=1S/C18H17N3O3/c1-24-18(23)14-5-2-4-13(10-14)12-21-17(22)8-7-16(20-21)15-6-3-9-19-11-15/h2-9,11,14H,10,12H2,1H3. The summed E-state index contributed by atoms with van der Waals surface area (Å²) >= 11 is 0. The van der Waals surface area contributed by atoms with Gasteiger partial charge >= 0.3 is 5.97 Å². The van der Waals surface area contributed by atoms with E-state index in [4.69, 9.17) is 4.74 Å². The van der Waals surface area contributed by atoms with Crippen molar-refractivity contribution >= 4 is 5.97 Å². The molecule has 0 radical (unpaired) electrons. The number of carbonyl (C=O) groups is 1. The molecule has 1 aliphatic rings. The van der Waals surface area contributed by atoms with Gasteiger partial charge in [-0.3, -0.25) is 14.6 Å². The number of hydrogen-bond acceptors (Lipinski definition) is 5. The summed E-state index contributed by atoms with van der Waals surface area (Å²) < 4.78 is 6.18. The maximum absolute atomic E-state index is 12.1. The van der Waals surface area contributed by atoms with E-state index in [-0.39, 0.29) is 17.4 Å². The smallest absolute Gasteiger partial charge is 0.312 e. The first-order chi connectivity index (χ1) is 11.7. The second-order valence-electron chi connectivity index (χ2n) is 5.50. The highest BCUT2D eigenvalue weighted by Crippen LogP contribution is 2.21. The zero-order valence-corrected chi connectivity index (χ0v) is 13.3. The van der Waals surface area contributed by atoms with E-state index in [1.807, 2.05) is 24.3 Å². The number of carbonyl (C=O) groups excluding carboxylic acids is 1. The van der Waals surface area contributed by atoms with Crippen LogP contribution < -0.4 is 5.56 Å². The summed E-state index contributed by atoms with van der Waals surface area (Å²) in [4.78, 5) is 27.8. The SMILES string of the molecule is COC(=O)C1C=CC=C(Cn2nc(-c3cccnc3)ccc2=O)C1. The summed E-state index contributed by atoms with van der Waals surface area (Å²) in [6.07, 6.45) is 9.44. The number of aromatic nitrogens is 3. The molecule has 0 spiro atoms. The Morgan fingerprint density at radius 1 is 1.38 bits per heavy atom. The van der Waals surface area contributed by atoms with Crippen molar-refractivity contribution in [3.05, 3.63) is 70.8 Å². The third-order valence-electron chi connectivity index (χ3n) is 3.84. The molecule has 1 unspecified atom stereocenters. The Labute approximate surface area is 139 Å². The molecule has 2 heterocycles. The Balaban J connectivity index is 1.83. The van der Waals surface area contributed by atoms with Crippen LogP contribution in [0.2, 0.25) is 0 Å². The number of pyridine rings is 1. The first kappa shape index (κ1) is 15.9. The van der Waals surface area contributed by atoms with E-state index in [0.717, 1.165) is 11.1 Å². The molecule has 2 aromatic rings. The molecule has 6 nitrogen and oxygen atoms in total. The minimum absolute atomic E-state index is 0.187. The minimum Gasteiger partial charge on any atom is -0.469 e. The van der Waals surface area contributed by atoms with Gasteiger partial charge in [0.05, 0.1) is 25.3 Å². The maximum Gasteiger partial charge on any atom is 0.312 e. The number of ether oxygens (including phenoxy) is 1. The van der Waals surface area contributed by atoms with Crippen LogP contribution in [0.3, 0.4) is 0 Å². The van der Waals surface area contributed by atoms with E-state index in [1.165, 1.54) is 17.9 Å². The van der Waals surface area contributed by atoms with Crippen LogP contribution in [0.1, 0.15) is 6.42 Å². The first-order valence-corrected chi connectivity index (χ1v) is 7.60. The van der Waals surface area contributed by atoms with Gasteiger partial charge in [0, 0.05) is 24.0 Å². The Morgan fingerprint density at radius 2 is 2.25 bits per heavy atom. The normalized spacial score (nSPS) is 16.5. The number of rotatable bonds is 4. The van der Waals surface area contributed by atoms with Crippen molar-refractivity contribution in [1.29, 1.82) is 0 Å².